The second-order valence-corrected chi connectivity index (χ2v) is 2.40. The molecule has 0 radical (unpaired) electrons. The monoisotopic (exact) mass is 194 g/mol. The van der Waals surface area contributed by atoms with Gasteiger partial charge in [0.25, 0.3) is 0 Å². The summed E-state index contributed by atoms with van der Waals surface area (Å²) >= 11 is 0. The van der Waals surface area contributed by atoms with Crippen molar-refractivity contribution in [1.29, 1.82) is 0 Å². The van der Waals surface area contributed by atoms with Crippen molar-refractivity contribution in [2.24, 2.45) is 0 Å². The molecule has 0 aliphatic heterocycles. The van der Waals surface area contributed by atoms with Gasteiger partial charge in [0.2, 0.25) is 0 Å². The highest BCUT2D eigenvalue weighted by molar-refractivity contribution is 5.87. The van der Waals surface area contributed by atoms with E-state index in [2.05, 4.69) is 10.7 Å². The first-order valence-electron chi connectivity index (χ1n) is 3.72. The summed E-state index contributed by atoms with van der Waals surface area (Å²) in [5.41, 5.74) is 0.297. The molecule has 14 heavy (non-hydrogen) atoms. The summed E-state index contributed by atoms with van der Waals surface area (Å²) in [6, 6.07) is 3.99. The lowest BCUT2D eigenvalue weighted by molar-refractivity contribution is -0.130. The normalized spacial score (nSPS) is 8.71. The van der Waals surface area contributed by atoms with Crippen molar-refractivity contribution >= 4 is 5.97 Å². The topological polar surface area (TPSA) is 46.5 Å². The number of benzene rings is 1. The minimum absolute atomic E-state index is 0.103. The second kappa shape index (κ2) is 4.28. The Labute approximate surface area is 80.1 Å². The number of ether oxygens (including phenoxy) is 1. The number of carboxylic acid groups (broad SMARTS) is 1. The molecule has 0 heterocycles. The summed E-state index contributed by atoms with van der Waals surface area (Å²) in [6.07, 6.45) is 0. The number of methoxy groups -OCH3 is 1. The van der Waals surface area contributed by atoms with E-state index in [-0.39, 0.29) is 5.75 Å². The van der Waals surface area contributed by atoms with Gasteiger partial charge in [0.05, 0.1) is 7.11 Å². The third-order valence-electron chi connectivity index (χ3n) is 1.47. The SMILES string of the molecule is COc1ccc(C#CC(=O)O)cc1F. The van der Waals surface area contributed by atoms with Gasteiger partial charge in [0, 0.05) is 11.5 Å². The molecule has 0 atom stereocenters. The number of rotatable bonds is 1. The van der Waals surface area contributed by atoms with Crippen LogP contribution < -0.4 is 4.74 Å². The average molecular weight is 194 g/mol. The van der Waals surface area contributed by atoms with E-state index in [1.807, 2.05) is 5.92 Å². The van der Waals surface area contributed by atoms with Crippen LogP contribution >= 0.6 is 0 Å². The smallest absolute Gasteiger partial charge is 0.382 e. The summed E-state index contributed by atoms with van der Waals surface area (Å²) in [5.74, 6) is 2.47. The Kier molecular flexibility index (Phi) is 3.08. The van der Waals surface area contributed by atoms with Crippen LogP contribution in [0.15, 0.2) is 18.2 Å². The fourth-order valence-electron chi connectivity index (χ4n) is 0.870. The summed E-state index contributed by atoms with van der Waals surface area (Å²) < 4.78 is 17.7. The molecule has 0 saturated carbocycles. The molecule has 1 rings (SSSR count). The Morgan fingerprint density at radius 2 is 2.29 bits per heavy atom. The fraction of sp³-hybridized carbons (Fsp3) is 0.100. The van der Waals surface area contributed by atoms with E-state index in [0.29, 0.717) is 5.56 Å². The maximum absolute atomic E-state index is 13.0. The van der Waals surface area contributed by atoms with Crippen LogP contribution in [0.2, 0.25) is 0 Å². The van der Waals surface area contributed by atoms with E-state index in [1.54, 1.807) is 0 Å². The zero-order chi connectivity index (χ0) is 10.6. The van der Waals surface area contributed by atoms with Crippen LogP contribution in [0.5, 0.6) is 5.75 Å². The lowest BCUT2D eigenvalue weighted by Gasteiger charge is -2.00. The Morgan fingerprint density at radius 1 is 1.57 bits per heavy atom. The molecule has 1 N–H and O–H groups in total. The van der Waals surface area contributed by atoms with E-state index >= 15 is 0 Å². The molecule has 1 aromatic carbocycles. The maximum atomic E-state index is 13.0. The van der Waals surface area contributed by atoms with Crippen molar-refractivity contribution in [3.05, 3.63) is 29.6 Å². The summed E-state index contributed by atoms with van der Waals surface area (Å²) in [7, 11) is 1.35. The van der Waals surface area contributed by atoms with Gasteiger partial charge in [-0.3, -0.25) is 0 Å². The molecular weight excluding hydrogens is 187 g/mol. The molecule has 0 aliphatic carbocycles. The molecule has 1 aromatic rings. The van der Waals surface area contributed by atoms with Gasteiger partial charge in [-0.05, 0) is 18.2 Å². The van der Waals surface area contributed by atoms with Crippen molar-refractivity contribution in [3.63, 3.8) is 0 Å². The highest BCUT2D eigenvalue weighted by atomic mass is 19.1. The fourth-order valence-corrected chi connectivity index (χ4v) is 0.870. The predicted molar refractivity (Wildman–Crippen MR) is 47.5 cm³/mol. The van der Waals surface area contributed by atoms with E-state index in [1.165, 1.54) is 19.2 Å². The lowest BCUT2D eigenvalue weighted by atomic mass is 10.2. The highest BCUT2D eigenvalue weighted by Crippen LogP contribution is 2.16. The second-order valence-electron chi connectivity index (χ2n) is 2.40. The minimum atomic E-state index is -1.25. The van der Waals surface area contributed by atoms with Gasteiger partial charge in [0.1, 0.15) is 0 Å². The minimum Gasteiger partial charge on any atom is -0.494 e. The third-order valence-corrected chi connectivity index (χ3v) is 1.47. The molecule has 0 aliphatic rings. The number of halogens is 1. The third kappa shape index (κ3) is 2.49. The molecule has 0 saturated heterocycles. The van der Waals surface area contributed by atoms with Gasteiger partial charge >= 0.3 is 5.97 Å². The summed E-state index contributed by atoms with van der Waals surface area (Å²) in [4.78, 5) is 10.1. The van der Waals surface area contributed by atoms with E-state index < -0.39 is 11.8 Å². The van der Waals surface area contributed by atoms with Gasteiger partial charge in [-0.25, -0.2) is 9.18 Å². The van der Waals surface area contributed by atoms with Crippen molar-refractivity contribution in [2.45, 2.75) is 0 Å². The zero-order valence-corrected chi connectivity index (χ0v) is 7.37. The largest absolute Gasteiger partial charge is 0.494 e. The van der Waals surface area contributed by atoms with Gasteiger partial charge in [-0.2, -0.15) is 0 Å². The van der Waals surface area contributed by atoms with Crippen LogP contribution in [-0.2, 0) is 4.79 Å². The zero-order valence-electron chi connectivity index (χ0n) is 7.37. The number of carbonyl (C=O) groups is 1. The first-order chi connectivity index (χ1) is 6.63. The van der Waals surface area contributed by atoms with Crippen molar-refractivity contribution in [2.75, 3.05) is 7.11 Å². The van der Waals surface area contributed by atoms with Crippen LogP contribution in [0.1, 0.15) is 5.56 Å². The Morgan fingerprint density at radius 3 is 2.79 bits per heavy atom. The maximum Gasteiger partial charge on any atom is 0.382 e. The first-order valence-corrected chi connectivity index (χ1v) is 3.72. The quantitative estimate of drug-likeness (QED) is 0.685. The summed E-state index contributed by atoms with van der Waals surface area (Å²) in [6.45, 7) is 0. The lowest BCUT2D eigenvalue weighted by Crippen LogP contribution is -1.90. The van der Waals surface area contributed by atoms with Crippen LogP contribution in [0.25, 0.3) is 0 Å². The van der Waals surface area contributed by atoms with Gasteiger partial charge in [-0.1, -0.05) is 5.92 Å². The van der Waals surface area contributed by atoms with Crippen molar-refractivity contribution in [1.82, 2.24) is 0 Å². The average Bonchev–Trinajstić information content (AvgIpc) is 2.15. The highest BCUT2D eigenvalue weighted by Gasteiger charge is 2.01. The molecular formula is C10H7FO3. The van der Waals surface area contributed by atoms with Crippen molar-refractivity contribution < 1.29 is 19.0 Å². The molecule has 3 nitrogen and oxygen atoms in total. The number of carboxylic acids is 1. The van der Waals surface area contributed by atoms with Crippen LogP contribution in [0, 0.1) is 17.7 Å². The molecule has 0 amide bonds. The molecule has 0 spiro atoms. The van der Waals surface area contributed by atoms with Gasteiger partial charge in [0.15, 0.2) is 11.6 Å². The van der Waals surface area contributed by atoms with Crippen LogP contribution in [0.4, 0.5) is 4.39 Å². The van der Waals surface area contributed by atoms with Crippen molar-refractivity contribution in [3.8, 4) is 17.6 Å². The molecule has 0 unspecified atom stereocenters. The molecule has 0 bridgehead atoms. The van der Waals surface area contributed by atoms with E-state index in [9.17, 15) is 9.18 Å². The Hall–Kier alpha value is -2.02. The molecule has 0 fully saturated rings. The Balaban J connectivity index is 2.99. The number of hydrogen-bond acceptors (Lipinski definition) is 2. The summed E-state index contributed by atoms with van der Waals surface area (Å²) in [5, 5.41) is 8.25. The first kappa shape index (κ1) is 10.1. The van der Waals surface area contributed by atoms with Crippen LogP contribution in [0.3, 0.4) is 0 Å². The molecule has 72 valence electrons. The number of aliphatic carboxylic acids is 1. The predicted octanol–water partition coefficient (Wildman–Crippen LogP) is 1.27. The standard InChI is InChI=1S/C10H7FO3/c1-14-9-4-2-7(6-8(9)11)3-5-10(12)13/h2,4,6H,1H3,(H,12,13). The van der Waals surface area contributed by atoms with E-state index in [4.69, 9.17) is 5.11 Å². The van der Waals surface area contributed by atoms with Gasteiger partial charge < -0.3 is 9.84 Å². The molecule has 0 aromatic heterocycles. The molecule has 4 heteroatoms. The van der Waals surface area contributed by atoms with E-state index in [0.717, 1.165) is 6.07 Å². The number of hydrogen-bond donors (Lipinski definition) is 1. The van der Waals surface area contributed by atoms with Crippen LogP contribution in [-0.4, -0.2) is 18.2 Å². The Bertz CT molecular complexity index is 415. The van der Waals surface area contributed by atoms with Gasteiger partial charge in [-0.15, -0.1) is 0 Å².